The summed E-state index contributed by atoms with van der Waals surface area (Å²) < 4.78 is 5.47. The number of likely N-dealkylation sites (tertiary alicyclic amines) is 1. The Hall–Kier alpha value is -1.75. The van der Waals surface area contributed by atoms with E-state index in [1.807, 2.05) is 63.8 Å². The van der Waals surface area contributed by atoms with Gasteiger partial charge in [0.2, 0.25) is 5.91 Å². The molecule has 0 aliphatic carbocycles. The van der Waals surface area contributed by atoms with E-state index in [0.29, 0.717) is 24.7 Å². The minimum atomic E-state index is -0.540. The highest BCUT2D eigenvalue weighted by atomic mass is 35.5. The fraction of sp³-hybridized carbons (Fsp3) is 0.619. The van der Waals surface area contributed by atoms with Crippen LogP contribution in [0.5, 0.6) is 0 Å². The molecule has 0 saturated carbocycles. The Balaban J connectivity index is 2.08. The van der Waals surface area contributed by atoms with Gasteiger partial charge in [-0.2, -0.15) is 0 Å². The molecule has 1 fully saturated rings. The normalized spacial score (nSPS) is 17.7. The fourth-order valence-corrected chi connectivity index (χ4v) is 3.43. The number of nitrogens with zero attached hydrogens (tertiary/aromatic N) is 2. The van der Waals surface area contributed by atoms with Gasteiger partial charge in [-0.1, -0.05) is 29.8 Å². The molecule has 5 nitrogen and oxygen atoms in total. The Bertz CT molecular complexity index is 670. The third-order valence-electron chi connectivity index (χ3n) is 4.63. The van der Waals surface area contributed by atoms with Crippen molar-refractivity contribution in [3.8, 4) is 0 Å². The molecule has 1 heterocycles. The van der Waals surface area contributed by atoms with Crippen molar-refractivity contribution in [1.29, 1.82) is 0 Å². The van der Waals surface area contributed by atoms with E-state index >= 15 is 0 Å². The fourth-order valence-electron chi connectivity index (χ4n) is 3.23. The van der Waals surface area contributed by atoms with Crippen LogP contribution in [0.15, 0.2) is 24.3 Å². The first-order valence-electron chi connectivity index (χ1n) is 9.60. The lowest BCUT2D eigenvalue weighted by Crippen LogP contribution is -2.49. The Morgan fingerprint density at radius 2 is 1.96 bits per heavy atom. The molecule has 0 bridgehead atoms. The Morgan fingerprint density at radius 1 is 1.30 bits per heavy atom. The van der Waals surface area contributed by atoms with Crippen LogP contribution in [0.3, 0.4) is 0 Å². The minimum Gasteiger partial charge on any atom is -0.444 e. The average Bonchev–Trinajstić information content (AvgIpc) is 2.59. The van der Waals surface area contributed by atoms with Crippen molar-refractivity contribution in [2.24, 2.45) is 5.92 Å². The summed E-state index contributed by atoms with van der Waals surface area (Å²) >= 11 is 6.28. The first-order chi connectivity index (χ1) is 12.6. The number of amides is 2. The zero-order valence-electron chi connectivity index (χ0n) is 17.0. The lowest BCUT2D eigenvalue weighted by Gasteiger charge is -2.37. The molecule has 0 radical (unpaired) electrons. The monoisotopic (exact) mass is 394 g/mol. The van der Waals surface area contributed by atoms with E-state index in [-0.39, 0.29) is 24.0 Å². The molecule has 0 aromatic heterocycles. The standard InChI is InChI=1S/C21H31ClN2O3/c1-15(2)24(14-16-9-6-7-11-18(16)22)19(25)17-10-8-12-23(13-17)20(26)27-21(3,4)5/h6-7,9,11,15,17H,8,10,12-14H2,1-5H3/t17-/m0/s1. The van der Waals surface area contributed by atoms with Crippen molar-refractivity contribution in [2.75, 3.05) is 13.1 Å². The second-order valence-corrected chi connectivity index (χ2v) is 8.82. The summed E-state index contributed by atoms with van der Waals surface area (Å²) in [6.07, 6.45) is 1.24. The first-order valence-corrected chi connectivity index (χ1v) is 9.98. The number of hydrogen-bond acceptors (Lipinski definition) is 3. The van der Waals surface area contributed by atoms with Crippen molar-refractivity contribution in [1.82, 2.24) is 9.80 Å². The topological polar surface area (TPSA) is 49.9 Å². The minimum absolute atomic E-state index is 0.0469. The van der Waals surface area contributed by atoms with Gasteiger partial charge in [0, 0.05) is 30.7 Å². The average molecular weight is 395 g/mol. The maximum atomic E-state index is 13.2. The quantitative estimate of drug-likeness (QED) is 0.742. The molecule has 1 aliphatic heterocycles. The molecule has 150 valence electrons. The van der Waals surface area contributed by atoms with E-state index in [1.54, 1.807) is 4.90 Å². The van der Waals surface area contributed by atoms with E-state index < -0.39 is 5.60 Å². The second-order valence-electron chi connectivity index (χ2n) is 8.42. The summed E-state index contributed by atoms with van der Waals surface area (Å²) in [5.41, 5.74) is 0.392. The largest absolute Gasteiger partial charge is 0.444 e. The smallest absolute Gasteiger partial charge is 0.410 e. The molecule has 0 N–H and O–H groups in total. The van der Waals surface area contributed by atoms with Crippen LogP contribution in [0.4, 0.5) is 4.79 Å². The highest BCUT2D eigenvalue weighted by Gasteiger charge is 2.34. The lowest BCUT2D eigenvalue weighted by molar-refractivity contribution is -0.139. The molecule has 0 spiro atoms. The van der Waals surface area contributed by atoms with Crippen molar-refractivity contribution in [3.63, 3.8) is 0 Å². The molecular formula is C21H31ClN2O3. The van der Waals surface area contributed by atoms with E-state index in [0.717, 1.165) is 18.4 Å². The maximum absolute atomic E-state index is 13.2. The Kier molecular flexibility index (Phi) is 7.15. The van der Waals surface area contributed by atoms with Crippen LogP contribution in [-0.4, -0.2) is 46.5 Å². The van der Waals surface area contributed by atoms with Gasteiger partial charge < -0.3 is 14.5 Å². The van der Waals surface area contributed by atoms with Crippen LogP contribution in [-0.2, 0) is 16.1 Å². The van der Waals surface area contributed by atoms with Crippen LogP contribution < -0.4 is 0 Å². The summed E-state index contributed by atoms with van der Waals surface area (Å²) in [6.45, 7) is 11.1. The lowest BCUT2D eigenvalue weighted by atomic mass is 9.96. The van der Waals surface area contributed by atoms with Crippen molar-refractivity contribution < 1.29 is 14.3 Å². The van der Waals surface area contributed by atoms with E-state index in [1.165, 1.54) is 0 Å². The molecule has 1 aliphatic rings. The van der Waals surface area contributed by atoms with Crippen molar-refractivity contribution in [3.05, 3.63) is 34.9 Å². The number of carbonyl (C=O) groups is 2. The molecule has 6 heteroatoms. The van der Waals surface area contributed by atoms with Gasteiger partial charge in [0.05, 0.1) is 5.92 Å². The summed E-state index contributed by atoms with van der Waals surface area (Å²) in [4.78, 5) is 29.1. The molecule has 1 atom stereocenters. The van der Waals surface area contributed by atoms with Gasteiger partial charge >= 0.3 is 6.09 Å². The van der Waals surface area contributed by atoms with Gasteiger partial charge in [-0.15, -0.1) is 0 Å². The third kappa shape index (κ3) is 6.13. The number of carbonyl (C=O) groups excluding carboxylic acids is 2. The highest BCUT2D eigenvalue weighted by Crippen LogP contribution is 2.24. The first kappa shape index (κ1) is 21.5. The summed E-state index contributed by atoms with van der Waals surface area (Å²) in [5, 5.41) is 0.662. The highest BCUT2D eigenvalue weighted by molar-refractivity contribution is 6.31. The number of piperidine rings is 1. The molecule has 2 amide bonds. The maximum Gasteiger partial charge on any atom is 0.410 e. The van der Waals surface area contributed by atoms with Crippen molar-refractivity contribution >= 4 is 23.6 Å². The van der Waals surface area contributed by atoms with Crippen LogP contribution in [0, 0.1) is 5.92 Å². The van der Waals surface area contributed by atoms with Gasteiger partial charge in [0.15, 0.2) is 0 Å². The molecule has 1 saturated heterocycles. The molecule has 1 aromatic carbocycles. The Labute approximate surface area is 167 Å². The van der Waals surface area contributed by atoms with Gasteiger partial charge in [-0.25, -0.2) is 4.79 Å². The molecular weight excluding hydrogens is 364 g/mol. The second kappa shape index (κ2) is 8.96. The summed E-state index contributed by atoms with van der Waals surface area (Å²) in [6, 6.07) is 7.64. The predicted octanol–water partition coefficient (Wildman–Crippen LogP) is 4.72. The van der Waals surface area contributed by atoms with Crippen LogP contribution in [0.25, 0.3) is 0 Å². The number of hydrogen-bond donors (Lipinski definition) is 0. The van der Waals surface area contributed by atoms with Crippen LogP contribution in [0.2, 0.25) is 5.02 Å². The molecule has 27 heavy (non-hydrogen) atoms. The molecule has 1 aromatic rings. The zero-order chi connectivity index (χ0) is 20.2. The number of rotatable bonds is 4. The predicted molar refractivity (Wildman–Crippen MR) is 108 cm³/mol. The zero-order valence-corrected chi connectivity index (χ0v) is 17.8. The number of benzene rings is 1. The number of halogens is 1. The van der Waals surface area contributed by atoms with Gasteiger partial charge in [0.25, 0.3) is 0 Å². The molecule has 0 unspecified atom stereocenters. The van der Waals surface area contributed by atoms with Crippen LogP contribution >= 0.6 is 11.6 Å². The molecule has 2 rings (SSSR count). The van der Waals surface area contributed by atoms with Gasteiger partial charge in [0.1, 0.15) is 5.60 Å². The third-order valence-corrected chi connectivity index (χ3v) is 5.00. The SMILES string of the molecule is CC(C)N(Cc1ccccc1Cl)C(=O)[C@H]1CCCN(C(=O)OC(C)(C)C)C1. The van der Waals surface area contributed by atoms with E-state index in [2.05, 4.69) is 0 Å². The summed E-state index contributed by atoms with van der Waals surface area (Å²) in [5.74, 6) is -0.144. The van der Waals surface area contributed by atoms with E-state index in [9.17, 15) is 9.59 Å². The van der Waals surface area contributed by atoms with Crippen LogP contribution in [0.1, 0.15) is 53.0 Å². The van der Waals surface area contributed by atoms with Gasteiger partial charge in [-0.05, 0) is 59.1 Å². The summed E-state index contributed by atoms with van der Waals surface area (Å²) in [7, 11) is 0. The van der Waals surface area contributed by atoms with Crippen molar-refractivity contribution in [2.45, 2.75) is 65.6 Å². The number of ether oxygens (including phenoxy) is 1. The van der Waals surface area contributed by atoms with Gasteiger partial charge in [-0.3, -0.25) is 4.79 Å². The Morgan fingerprint density at radius 3 is 2.56 bits per heavy atom. The van der Waals surface area contributed by atoms with E-state index in [4.69, 9.17) is 16.3 Å².